The van der Waals surface area contributed by atoms with E-state index in [1.807, 2.05) is 0 Å². The fraction of sp³-hybridized carbons (Fsp3) is 0.750. The Morgan fingerprint density at radius 3 is 2.56 bits per heavy atom. The van der Waals surface area contributed by atoms with Gasteiger partial charge in [-0.1, -0.05) is 0 Å². The van der Waals surface area contributed by atoms with Gasteiger partial charge in [0, 0.05) is 0 Å². The molecule has 0 radical (unpaired) electrons. The second kappa shape index (κ2) is 4.39. The highest BCUT2D eigenvalue weighted by Gasteiger charge is 1.76. The summed E-state index contributed by atoms with van der Waals surface area (Å²) < 4.78 is 0. The van der Waals surface area contributed by atoms with Gasteiger partial charge in [0.15, 0.2) is 0 Å². The average molecular weight is 130 g/mol. The van der Waals surface area contributed by atoms with Crippen molar-refractivity contribution in [1.82, 2.24) is 10.3 Å². The summed E-state index contributed by atoms with van der Waals surface area (Å²) in [5, 5.41) is 12.1. The Kier molecular flexibility index (Phi) is 4.16. The molecule has 0 rings (SSSR count). The first-order chi connectivity index (χ1) is 4.18. The molecule has 0 amide bonds. The van der Waals surface area contributed by atoms with Crippen LogP contribution in [0.15, 0.2) is 4.99 Å². The van der Waals surface area contributed by atoms with Crippen molar-refractivity contribution in [2.24, 2.45) is 4.99 Å². The minimum Gasteiger partial charge on any atom is -0.773 e. The third kappa shape index (κ3) is 4.04. The van der Waals surface area contributed by atoms with Crippen molar-refractivity contribution in [2.45, 2.75) is 0 Å². The molecule has 0 saturated carbocycles. The summed E-state index contributed by atoms with van der Waals surface area (Å²) in [6, 6.07) is 0. The molecule has 0 unspecified atom stereocenters. The van der Waals surface area contributed by atoms with Gasteiger partial charge in [-0.2, -0.15) is 0 Å². The second-order valence-corrected chi connectivity index (χ2v) is 1.46. The van der Waals surface area contributed by atoms with Crippen LogP contribution in [0, 0.1) is 5.21 Å². The lowest BCUT2D eigenvalue weighted by atomic mass is 11.1. The predicted molar refractivity (Wildman–Crippen MR) is 36.7 cm³/mol. The normalized spacial score (nSPS) is 10.8. The van der Waals surface area contributed by atoms with Crippen LogP contribution in [0.1, 0.15) is 0 Å². The summed E-state index contributed by atoms with van der Waals surface area (Å²) in [7, 11) is 2.89. The monoisotopic (exact) mass is 130 g/mol. The van der Waals surface area contributed by atoms with Crippen LogP contribution in [0.5, 0.6) is 0 Å². The molecule has 0 aliphatic heterocycles. The molecule has 0 aliphatic carbocycles. The Hall–Kier alpha value is -0.490. The lowest BCUT2D eigenvalue weighted by Crippen LogP contribution is -2.27. The SMILES string of the molecule is C=NC[N-]N(C)N(C)[O-]. The van der Waals surface area contributed by atoms with Gasteiger partial charge < -0.3 is 25.9 Å². The number of hydrazine groups is 1. The van der Waals surface area contributed by atoms with Crippen molar-refractivity contribution in [2.75, 3.05) is 20.8 Å². The van der Waals surface area contributed by atoms with Gasteiger partial charge in [-0.25, -0.2) is 0 Å². The second-order valence-electron chi connectivity index (χ2n) is 1.46. The number of nitrogens with zero attached hydrogens (tertiary/aromatic N) is 4. The Bertz CT molecular complexity index is 84.6. The molecular formula is C4H10N4O-2. The highest BCUT2D eigenvalue weighted by molar-refractivity contribution is 5.23. The first-order valence-corrected chi connectivity index (χ1v) is 2.43. The zero-order chi connectivity index (χ0) is 7.28. The third-order valence-corrected chi connectivity index (χ3v) is 0.776. The molecule has 0 spiro atoms. The molecule has 5 nitrogen and oxygen atoms in total. The van der Waals surface area contributed by atoms with Gasteiger partial charge in [0.2, 0.25) is 0 Å². The van der Waals surface area contributed by atoms with E-state index in [0.29, 0.717) is 5.17 Å². The van der Waals surface area contributed by atoms with Crippen molar-refractivity contribution in [3.63, 3.8) is 0 Å². The van der Waals surface area contributed by atoms with Gasteiger partial charge in [-0.05, 0) is 27.5 Å². The Balaban J connectivity index is 3.26. The van der Waals surface area contributed by atoms with Gasteiger partial charge in [-0.15, -0.1) is 0 Å². The highest BCUT2D eigenvalue weighted by Crippen LogP contribution is 1.95. The van der Waals surface area contributed by atoms with E-state index < -0.39 is 0 Å². The van der Waals surface area contributed by atoms with Gasteiger partial charge in [0.1, 0.15) is 0 Å². The van der Waals surface area contributed by atoms with E-state index >= 15 is 0 Å². The Morgan fingerprint density at radius 1 is 1.67 bits per heavy atom. The summed E-state index contributed by atoms with van der Waals surface area (Å²) in [5.74, 6) is 0. The molecule has 0 N–H and O–H groups in total. The van der Waals surface area contributed by atoms with Gasteiger partial charge in [0.05, 0.1) is 0 Å². The number of hydroxylamine groups is 1. The lowest BCUT2D eigenvalue weighted by molar-refractivity contribution is 0.125. The summed E-state index contributed by atoms with van der Waals surface area (Å²) in [4.78, 5) is 3.43. The van der Waals surface area contributed by atoms with Crippen LogP contribution in [0.2, 0.25) is 0 Å². The lowest BCUT2D eigenvalue weighted by Gasteiger charge is -2.44. The molecule has 54 valence electrons. The first kappa shape index (κ1) is 8.51. The van der Waals surface area contributed by atoms with E-state index in [2.05, 4.69) is 17.1 Å². The van der Waals surface area contributed by atoms with Crippen molar-refractivity contribution in [3.8, 4) is 0 Å². The molecule has 0 atom stereocenters. The van der Waals surface area contributed by atoms with Crippen molar-refractivity contribution in [1.29, 1.82) is 0 Å². The summed E-state index contributed by atoms with van der Waals surface area (Å²) in [6.45, 7) is 3.43. The third-order valence-electron chi connectivity index (χ3n) is 0.776. The van der Waals surface area contributed by atoms with E-state index in [0.717, 1.165) is 5.12 Å². The molecular weight excluding hydrogens is 120 g/mol. The zero-order valence-corrected chi connectivity index (χ0v) is 5.61. The fourth-order valence-electron chi connectivity index (χ4n) is 0.225. The number of hydrogen-bond donors (Lipinski definition) is 0. The molecule has 0 saturated heterocycles. The van der Waals surface area contributed by atoms with Crippen LogP contribution >= 0.6 is 0 Å². The maximum atomic E-state index is 10.3. The van der Waals surface area contributed by atoms with Gasteiger partial charge in [-0.3, -0.25) is 0 Å². The molecule has 5 heteroatoms. The topological polar surface area (TPSA) is 56.0 Å². The highest BCUT2D eigenvalue weighted by atomic mass is 16.6. The van der Waals surface area contributed by atoms with Gasteiger partial charge in [0.25, 0.3) is 0 Å². The maximum absolute atomic E-state index is 10.3. The molecule has 0 fully saturated rings. The number of hydrogen-bond acceptors (Lipinski definition) is 4. The van der Waals surface area contributed by atoms with E-state index in [1.54, 1.807) is 0 Å². The van der Waals surface area contributed by atoms with Crippen molar-refractivity contribution in [3.05, 3.63) is 10.6 Å². The van der Waals surface area contributed by atoms with Crippen LogP contribution in [-0.2, 0) is 0 Å². The zero-order valence-electron chi connectivity index (χ0n) is 5.61. The summed E-state index contributed by atoms with van der Waals surface area (Å²) >= 11 is 0. The molecule has 9 heavy (non-hydrogen) atoms. The van der Waals surface area contributed by atoms with Crippen LogP contribution in [0.25, 0.3) is 5.43 Å². The van der Waals surface area contributed by atoms with Crippen molar-refractivity contribution < 1.29 is 0 Å². The molecule has 0 bridgehead atoms. The smallest absolute Gasteiger partial charge is 0.0134 e. The quantitative estimate of drug-likeness (QED) is 0.403. The van der Waals surface area contributed by atoms with Crippen LogP contribution in [0.4, 0.5) is 0 Å². The summed E-state index contributed by atoms with van der Waals surface area (Å²) in [6.07, 6.45) is 0. The minimum atomic E-state index is 0.225. The van der Waals surface area contributed by atoms with Gasteiger partial charge >= 0.3 is 0 Å². The fourth-order valence-corrected chi connectivity index (χ4v) is 0.225. The maximum Gasteiger partial charge on any atom is -0.0134 e. The Morgan fingerprint density at radius 2 is 2.22 bits per heavy atom. The minimum absolute atomic E-state index is 0.225. The van der Waals surface area contributed by atoms with E-state index in [4.69, 9.17) is 0 Å². The van der Waals surface area contributed by atoms with E-state index in [-0.39, 0.29) is 6.67 Å². The standard InChI is InChI=1S/C4H10N4O/c1-5-4-6-7(2)8(3)9/h1,4H2,2-3H3/q-2. The number of aliphatic imine (C=N–C) groups is 1. The van der Waals surface area contributed by atoms with Crippen LogP contribution < -0.4 is 0 Å². The molecule has 0 heterocycles. The molecule has 0 aromatic carbocycles. The molecule has 0 aromatic rings. The predicted octanol–water partition coefficient (Wildman–Crippen LogP) is 0.210. The Labute approximate surface area is 54.5 Å². The summed E-state index contributed by atoms with van der Waals surface area (Å²) in [5.41, 5.74) is 3.66. The van der Waals surface area contributed by atoms with Crippen LogP contribution in [0.3, 0.4) is 0 Å². The van der Waals surface area contributed by atoms with Crippen LogP contribution in [-0.4, -0.2) is 37.8 Å². The first-order valence-electron chi connectivity index (χ1n) is 2.43. The average Bonchev–Trinajstić information content (AvgIpc) is 1.82. The molecule has 0 aliphatic rings. The largest absolute Gasteiger partial charge is 0.773 e. The van der Waals surface area contributed by atoms with E-state index in [9.17, 15) is 5.21 Å². The van der Waals surface area contributed by atoms with Crippen molar-refractivity contribution >= 4 is 6.72 Å². The number of rotatable bonds is 4. The molecule has 0 aromatic heterocycles. The van der Waals surface area contributed by atoms with E-state index in [1.165, 1.54) is 14.1 Å².